The Morgan fingerprint density at radius 1 is 1.78 bits per heavy atom. The molecule has 1 aliphatic rings. The molecule has 52 valence electrons. The first-order valence-corrected chi connectivity index (χ1v) is 2.94. The molecule has 9 heavy (non-hydrogen) atoms. The number of morpholine rings is 1. The van der Waals surface area contributed by atoms with E-state index in [0.29, 0.717) is 13.0 Å². The average Bonchev–Trinajstić information content (AvgIpc) is 1.91. The van der Waals surface area contributed by atoms with Crippen LogP contribution in [0.3, 0.4) is 0 Å². The monoisotopic (exact) mass is 130 g/mol. The molecule has 0 aliphatic carbocycles. The van der Waals surface area contributed by atoms with Crippen LogP contribution < -0.4 is 10.6 Å². The molecular formula is C5H10N2O2. The average molecular weight is 130 g/mol. The zero-order valence-electron chi connectivity index (χ0n) is 5.09. The van der Waals surface area contributed by atoms with Crippen molar-refractivity contribution in [3.63, 3.8) is 0 Å². The molecule has 0 aromatic carbocycles. The fourth-order valence-corrected chi connectivity index (χ4v) is 0.755. The minimum Gasteiger partial charge on any atom is -0.377 e. The lowest BCUT2D eigenvalue weighted by molar-refractivity contribution is -0.111. The third-order valence-electron chi connectivity index (χ3n) is 1.19. The predicted molar refractivity (Wildman–Crippen MR) is 31.8 cm³/mol. The zero-order valence-corrected chi connectivity index (χ0v) is 5.09. The van der Waals surface area contributed by atoms with E-state index in [1.165, 1.54) is 0 Å². The Hall–Kier alpha value is -0.610. The number of rotatable bonds is 2. The lowest BCUT2D eigenvalue weighted by atomic mass is 10.4. The third kappa shape index (κ3) is 1.99. The molecule has 0 aromatic rings. The molecule has 0 radical (unpaired) electrons. The first-order valence-electron chi connectivity index (χ1n) is 2.94. The summed E-state index contributed by atoms with van der Waals surface area (Å²) < 4.78 is 5.05. The molecule has 1 rings (SSSR count). The van der Waals surface area contributed by atoms with E-state index >= 15 is 0 Å². The van der Waals surface area contributed by atoms with Gasteiger partial charge in [0.2, 0.25) is 6.41 Å². The van der Waals surface area contributed by atoms with Gasteiger partial charge in [0.25, 0.3) is 0 Å². The van der Waals surface area contributed by atoms with Crippen LogP contribution in [0.5, 0.6) is 0 Å². The molecule has 0 unspecified atom stereocenters. The Bertz CT molecular complexity index is 91.0. The molecule has 1 heterocycles. The molecule has 0 aromatic heterocycles. The Morgan fingerprint density at radius 3 is 3.22 bits per heavy atom. The smallest absolute Gasteiger partial charge is 0.208 e. The van der Waals surface area contributed by atoms with Gasteiger partial charge < -0.3 is 10.1 Å². The summed E-state index contributed by atoms with van der Waals surface area (Å²) in [5, 5.41) is 5.62. The van der Waals surface area contributed by atoms with Crippen molar-refractivity contribution in [2.24, 2.45) is 0 Å². The van der Waals surface area contributed by atoms with Crippen molar-refractivity contribution in [2.45, 2.75) is 6.17 Å². The highest BCUT2D eigenvalue weighted by atomic mass is 16.5. The van der Waals surface area contributed by atoms with Gasteiger partial charge in [0, 0.05) is 6.54 Å². The van der Waals surface area contributed by atoms with Crippen LogP contribution in [0, 0.1) is 0 Å². The number of carbonyl (C=O) groups excluding carboxylic acids is 1. The normalized spacial score (nSPS) is 27.3. The summed E-state index contributed by atoms with van der Waals surface area (Å²) >= 11 is 0. The third-order valence-corrected chi connectivity index (χ3v) is 1.19. The van der Waals surface area contributed by atoms with Crippen molar-refractivity contribution < 1.29 is 9.53 Å². The van der Waals surface area contributed by atoms with E-state index in [9.17, 15) is 4.79 Å². The summed E-state index contributed by atoms with van der Waals surface area (Å²) in [7, 11) is 0. The number of ether oxygens (including phenoxy) is 1. The fourth-order valence-electron chi connectivity index (χ4n) is 0.755. The van der Waals surface area contributed by atoms with E-state index in [1.54, 1.807) is 0 Å². The number of carbonyl (C=O) groups is 1. The number of amides is 1. The standard InChI is InChI=1S/C5H10N2O2/c8-4-7-5-3-9-2-1-6-5/h4-6H,1-3H2,(H,7,8)/t5-/m0/s1. The van der Waals surface area contributed by atoms with Crippen LogP contribution in [-0.2, 0) is 9.53 Å². The maximum absolute atomic E-state index is 9.87. The minimum absolute atomic E-state index is 0.0104. The lowest BCUT2D eigenvalue weighted by Crippen LogP contribution is -2.49. The second-order valence-corrected chi connectivity index (χ2v) is 1.87. The Balaban J connectivity index is 2.15. The van der Waals surface area contributed by atoms with Gasteiger partial charge in [-0.1, -0.05) is 0 Å². The number of hydrogen-bond acceptors (Lipinski definition) is 3. The van der Waals surface area contributed by atoms with Gasteiger partial charge in [-0.3, -0.25) is 10.1 Å². The van der Waals surface area contributed by atoms with Crippen molar-refractivity contribution >= 4 is 6.41 Å². The molecule has 4 heteroatoms. The SMILES string of the molecule is O=CN[C@H]1COCCN1. The van der Waals surface area contributed by atoms with Gasteiger partial charge in [0.15, 0.2) is 0 Å². The molecule has 1 atom stereocenters. The van der Waals surface area contributed by atoms with Gasteiger partial charge in [-0.15, -0.1) is 0 Å². The van der Waals surface area contributed by atoms with Crippen LogP contribution in [0.1, 0.15) is 0 Å². The summed E-state index contributed by atoms with van der Waals surface area (Å²) in [6, 6.07) is 0. The molecule has 2 N–H and O–H groups in total. The Labute approximate surface area is 53.6 Å². The minimum atomic E-state index is 0.0104. The van der Waals surface area contributed by atoms with E-state index in [4.69, 9.17) is 4.74 Å². The fraction of sp³-hybridized carbons (Fsp3) is 0.800. The van der Waals surface area contributed by atoms with Crippen molar-refractivity contribution in [3.8, 4) is 0 Å². The summed E-state index contributed by atoms with van der Waals surface area (Å²) in [5.41, 5.74) is 0. The van der Waals surface area contributed by atoms with Gasteiger partial charge >= 0.3 is 0 Å². The molecular weight excluding hydrogens is 120 g/mol. The van der Waals surface area contributed by atoms with Crippen LogP contribution in [0.4, 0.5) is 0 Å². The molecule has 1 aliphatic heterocycles. The summed E-state index contributed by atoms with van der Waals surface area (Å²) in [5.74, 6) is 0. The molecule has 0 spiro atoms. The summed E-state index contributed by atoms with van der Waals surface area (Å²) in [6.07, 6.45) is 0.683. The molecule has 0 saturated carbocycles. The van der Waals surface area contributed by atoms with Crippen molar-refractivity contribution in [1.82, 2.24) is 10.6 Å². The van der Waals surface area contributed by atoms with Crippen LogP contribution in [-0.4, -0.2) is 32.3 Å². The Morgan fingerprint density at radius 2 is 2.67 bits per heavy atom. The number of hydrogen-bond donors (Lipinski definition) is 2. The summed E-state index contributed by atoms with van der Waals surface area (Å²) in [4.78, 5) is 9.87. The van der Waals surface area contributed by atoms with E-state index in [1.807, 2.05) is 0 Å². The zero-order chi connectivity index (χ0) is 6.53. The van der Waals surface area contributed by atoms with Crippen LogP contribution in [0.15, 0.2) is 0 Å². The van der Waals surface area contributed by atoms with E-state index < -0.39 is 0 Å². The van der Waals surface area contributed by atoms with E-state index in [0.717, 1.165) is 13.2 Å². The Kier molecular flexibility index (Phi) is 2.48. The second kappa shape index (κ2) is 3.42. The quantitative estimate of drug-likeness (QED) is 0.456. The van der Waals surface area contributed by atoms with Crippen LogP contribution >= 0.6 is 0 Å². The largest absolute Gasteiger partial charge is 0.377 e. The van der Waals surface area contributed by atoms with E-state index in [-0.39, 0.29) is 6.17 Å². The van der Waals surface area contributed by atoms with Crippen molar-refractivity contribution in [2.75, 3.05) is 19.8 Å². The molecule has 0 bridgehead atoms. The van der Waals surface area contributed by atoms with Crippen molar-refractivity contribution in [3.05, 3.63) is 0 Å². The lowest BCUT2D eigenvalue weighted by Gasteiger charge is -2.22. The molecule has 1 fully saturated rings. The van der Waals surface area contributed by atoms with E-state index in [2.05, 4.69) is 10.6 Å². The highest BCUT2D eigenvalue weighted by Gasteiger charge is 2.09. The maximum Gasteiger partial charge on any atom is 0.208 e. The topological polar surface area (TPSA) is 50.4 Å². The first kappa shape index (κ1) is 6.51. The van der Waals surface area contributed by atoms with Gasteiger partial charge in [-0.2, -0.15) is 0 Å². The van der Waals surface area contributed by atoms with Crippen molar-refractivity contribution in [1.29, 1.82) is 0 Å². The first-order chi connectivity index (χ1) is 4.43. The van der Waals surface area contributed by atoms with Crippen LogP contribution in [0.25, 0.3) is 0 Å². The number of nitrogens with one attached hydrogen (secondary N) is 2. The predicted octanol–water partition coefficient (Wildman–Crippen LogP) is -1.32. The van der Waals surface area contributed by atoms with Gasteiger partial charge in [-0.05, 0) is 0 Å². The second-order valence-electron chi connectivity index (χ2n) is 1.87. The maximum atomic E-state index is 9.87. The highest BCUT2D eigenvalue weighted by molar-refractivity contribution is 5.46. The molecule has 1 amide bonds. The summed E-state index contributed by atoms with van der Waals surface area (Å²) in [6.45, 7) is 2.11. The molecule has 4 nitrogen and oxygen atoms in total. The van der Waals surface area contributed by atoms with Gasteiger partial charge in [0.1, 0.15) is 6.17 Å². The highest BCUT2D eigenvalue weighted by Crippen LogP contribution is 1.86. The van der Waals surface area contributed by atoms with Gasteiger partial charge in [-0.25, -0.2) is 0 Å². The van der Waals surface area contributed by atoms with Crippen LogP contribution in [0.2, 0.25) is 0 Å². The van der Waals surface area contributed by atoms with Gasteiger partial charge in [0.05, 0.1) is 13.2 Å². The molecule has 1 saturated heterocycles.